The molecule has 1 aromatic rings. The Balaban J connectivity index is 1.40. The predicted octanol–water partition coefficient (Wildman–Crippen LogP) is 1.23. The molecule has 1 aromatic heterocycles. The number of carbonyl (C=O) groups excluding carboxylic acids is 2. The molecule has 6 nitrogen and oxygen atoms in total. The Bertz CT molecular complexity index is 525. The molecule has 0 atom stereocenters. The molecule has 126 valence electrons. The summed E-state index contributed by atoms with van der Waals surface area (Å²) in [4.78, 5) is 28.5. The predicted molar refractivity (Wildman–Crippen MR) is 85.5 cm³/mol. The van der Waals surface area contributed by atoms with Crippen molar-refractivity contribution in [3.8, 4) is 0 Å². The standard InChI is InChI=1S/C17H25N3O3/c21-16(18-12-15-6-2-11-23-15)13-19-7-3-8-20(10-9-19)17(22)14-4-1-5-14/h2,6,11,14H,1,3-5,7-10,12-13H2,(H,18,21). The minimum Gasteiger partial charge on any atom is -0.467 e. The summed E-state index contributed by atoms with van der Waals surface area (Å²) in [6.45, 7) is 3.99. The molecule has 2 aliphatic rings. The fourth-order valence-electron chi connectivity index (χ4n) is 3.12. The van der Waals surface area contributed by atoms with E-state index >= 15 is 0 Å². The van der Waals surface area contributed by atoms with Crippen LogP contribution in [0.15, 0.2) is 22.8 Å². The number of rotatable bonds is 5. The van der Waals surface area contributed by atoms with Gasteiger partial charge in [-0.25, -0.2) is 0 Å². The maximum Gasteiger partial charge on any atom is 0.234 e. The third-order valence-electron chi connectivity index (χ3n) is 4.76. The van der Waals surface area contributed by atoms with Crippen LogP contribution >= 0.6 is 0 Å². The topological polar surface area (TPSA) is 65.8 Å². The summed E-state index contributed by atoms with van der Waals surface area (Å²) in [5, 5.41) is 2.87. The van der Waals surface area contributed by atoms with Gasteiger partial charge in [-0.15, -0.1) is 0 Å². The number of carbonyl (C=O) groups is 2. The van der Waals surface area contributed by atoms with Gasteiger partial charge in [0.05, 0.1) is 19.4 Å². The highest BCUT2D eigenvalue weighted by Crippen LogP contribution is 2.28. The van der Waals surface area contributed by atoms with Gasteiger partial charge in [0, 0.05) is 32.1 Å². The van der Waals surface area contributed by atoms with Crippen molar-refractivity contribution < 1.29 is 14.0 Å². The minimum atomic E-state index is 0.000157. The molecule has 3 rings (SSSR count). The lowest BCUT2D eigenvalue weighted by Crippen LogP contribution is -2.42. The monoisotopic (exact) mass is 319 g/mol. The summed E-state index contributed by atoms with van der Waals surface area (Å²) in [5.41, 5.74) is 0. The van der Waals surface area contributed by atoms with Crippen LogP contribution < -0.4 is 5.32 Å². The Morgan fingerprint density at radius 3 is 2.74 bits per heavy atom. The van der Waals surface area contributed by atoms with Gasteiger partial charge >= 0.3 is 0 Å². The van der Waals surface area contributed by atoms with Crippen LogP contribution in [0.2, 0.25) is 0 Å². The first-order valence-electron chi connectivity index (χ1n) is 8.52. The summed E-state index contributed by atoms with van der Waals surface area (Å²) < 4.78 is 5.20. The first-order chi connectivity index (χ1) is 11.2. The summed E-state index contributed by atoms with van der Waals surface area (Å²) in [7, 11) is 0. The van der Waals surface area contributed by atoms with Gasteiger partial charge < -0.3 is 14.6 Å². The van der Waals surface area contributed by atoms with Crippen LogP contribution in [0.5, 0.6) is 0 Å². The maximum absolute atomic E-state index is 12.3. The second kappa shape index (κ2) is 7.64. The molecule has 23 heavy (non-hydrogen) atoms. The van der Waals surface area contributed by atoms with Gasteiger partial charge in [0.25, 0.3) is 0 Å². The number of amides is 2. The number of furan rings is 1. The molecule has 1 aliphatic heterocycles. The Labute approximate surface area is 136 Å². The average molecular weight is 319 g/mol. The highest BCUT2D eigenvalue weighted by atomic mass is 16.3. The van der Waals surface area contributed by atoms with Gasteiger partial charge in [0.1, 0.15) is 5.76 Å². The second-order valence-electron chi connectivity index (χ2n) is 6.44. The van der Waals surface area contributed by atoms with Crippen molar-refractivity contribution in [1.29, 1.82) is 0 Å². The zero-order valence-electron chi connectivity index (χ0n) is 13.5. The normalized spacial score (nSPS) is 19.9. The number of hydrogen-bond acceptors (Lipinski definition) is 4. The molecule has 2 fully saturated rings. The van der Waals surface area contributed by atoms with E-state index in [1.54, 1.807) is 6.26 Å². The van der Waals surface area contributed by atoms with Gasteiger partial charge in [-0.3, -0.25) is 14.5 Å². The van der Waals surface area contributed by atoms with E-state index < -0.39 is 0 Å². The van der Waals surface area contributed by atoms with Crippen molar-refractivity contribution in [3.05, 3.63) is 24.2 Å². The van der Waals surface area contributed by atoms with E-state index in [0.29, 0.717) is 19.0 Å². The molecular weight excluding hydrogens is 294 g/mol. The molecule has 1 saturated heterocycles. The molecule has 2 heterocycles. The zero-order valence-corrected chi connectivity index (χ0v) is 13.5. The Kier molecular flexibility index (Phi) is 5.33. The van der Waals surface area contributed by atoms with Crippen LogP contribution in [0.3, 0.4) is 0 Å². The average Bonchev–Trinajstić information content (AvgIpc) is 2.89. The molecule has 0 radical (unpaired) electrons. The molecule has 6 heteroatoms. The van der Waals surface area contributed by atoms with E-state index in [2.05, 4.69) is 10.2 Å². The quantitative estimate of drug-likeness (QED) is 0.886. The van der Waals surface area contributed by atoms with E-state index in [1.165, 1.54) is 6.42 Å². The lowest BCUT2D eigenvalue weighted by molar-refractivity contribution is -0.138. The lowest BCUT2D eigenvalue weighted by Gasteiger charge is -2.31. The summed E-state index contributed by atoms with van der Waals surface area (Å²) >= 11 is 0. The lowest BCUT2D eigenvalue weighted by atomic mass is 9.84. The van der Waals surface area contributed by atoms with Crippen LogP contribution in [0, 0.1) is 5.92 Å². The number of nitrogens with zero attached hydrogens (tertiary/aromatic N) is 2. The van der Waals surface area contributed by atoms with Crippen molar-refractivity contribution in [3.63, 3.8) is 0 Å². The van der Waals surface area contributed by atoms with E-state index in [1.807, 2.05) is 17.0 Å². The molecule has 0 spiro atoms. The van der Waals surface area contributed by atoms with Crippen molar-refractivity contribution in [1.82, 2.24) is 15.1 Å². The van der Waals surface area contributed by atoms with Crippen LogP contribution in [-0.4, -0.2) is 54.3 Å². The van der Waals surface area contributed by atoms with E-state index in [-0.39, 0.29) is 11.8 Å². The third-order valence-corrected chi connectivity index (χ3v) is 4.76. The number of hydrogen-bond donors (Lipinski definition) is 1. The largest absolute Gasteiger partial charge is 0.467 e. The molecule has 1 saturated carbocycles. The Hall–Kier alpha value is -1.82. The van der Waals surface area contributed by atoms with Crippen molar-refractivity contribution in [2.75, 3.05) is 32.7 Å². The molecule has 0 unspecified atom stereocenters. The Morgan fingerprint density at radius 1 is 1.17 bits per heavy atom. The molecule has 0 bridgehead atoms. The fourth-order valence-corrected chi connectivity index (χ4v) is 3.12. The van der Waals surface area contributed by atoms with Crippen LogP contribution in [0.4, 0.5) is 0 Å². The van der Waals surface area contributed by atoms with Gasteiger partial charge in [0.15, 0.2) is 0 Å². The van der Waals surface area contributed by atoms with Gasteiger partial charge in [-0.2, -0.15) is 0 Å². The SMILES string of the molecule is O=C(CN1CCCN(C(=O)C2CCC2)CC1)NCc1ccco1. The minimum absolute atomic E-state index is 0.000157. The third kappa shape index (κ3) is 4.34. The van der Waals surface area contributed by atoms with E-state index in [9.17, 15) is 9.59 Å². The van der Waals surface area contributed by atoms with Crippen LogP contribution in [0.25, 0.3) is 0 Å². The van der Waals surface area contributed by atoms with Gasteiger partial charge in [-0.1, -0.05) is 6.42 Å². The highest BCUT2D eigenvalue weighted by molar-refractivity contribution is 5.80. The molecule has 1 aliphatic carbocycles. The smallest absolute Gasteiger partial charge is 0.234 e. The Morgan fingerprint density at radius 2 is 2.04 bits per heavy atom. The molecule has 1 N–H and O–H groups in total. The summed E-state index contributed by atoms with van der Waals surface area (Å²) in [6, 6.07) is 3.65. The van der Waals surface area contributed by atoms with Crippen LogP contribution in [-0.2, 0) is 16.1 Å². The van der Waals surface area contributed by atoms with Crippen molar-refractivity contribution >= 4 is 11.8 Å². The molecule has 2 amide bonds. The fraction of sp³-hybridized carbons (Fsp3) is 0.647. The second-order valence-corrected chi connectivity index (χ2v) is 6.44. The first-order valence-corrected chi connectivity index (χ1v) is 8.52. The van der Waals surface area contributed by atoms with Crippen molar-refractivity contribution in [2.24, 2.45) is 5.92 Å². The van der Waals surface area contributed by atoms with Crippen molar-refractivity contribution in [2.45, 2.75) is 32.2 Å². The molecule has 0 aromatic carbocycles. The van der Waals surface area contributed by atoms with Gasteiger partial charge in [-0.05, 0) is 31.4 Å². The first kappa shape index (κ1) is 16.1. The number of nitrogens with one attached hydrogen (secondary N) is 1. The highest BCUT2D eigenvalue weighted by Gasteiger charge is 2.30. The van der Waals surface area contributed by atoms with Crippen LogP contribution in [0.1, 0.15) is 31.4 Å². The summed E-state index contributed by atoms with van der Waals surface area (Å²) in [5.74, 6) is 1.34. The van der Waals surface area contributed by atoms with E-state index in [4.69, 9.17) is 4.42 Å². The zero-order chi connectivity index (χ0) is 16.1. The van der Waals surface area contributed by atoms with Gasteiger partial charge in [0.2, 0.25) is 11.8 Å². The van der Waals surface area contributed by atoms with E-state index in [0.717, 1.165) is 51.2 Å². The molecular formula is C17H25N3O3. The maximum atomic E-state index is 12.3. The summed E-state index contributed by atoms with van der Waals surface area (Å²) in [6.07, 6.45) is 5.82.